The average Bonchev–Trinajstić information content (AvgIpc) is 2.37. The molecule has 5 heteroatoms. The summed E-state index contributed by atoms with van der Waals surface area (Å²) in [5.74, 6) is -4.03. The first kappa shape index (κ1) is 14.5. The Morgan fingerprint density at radius 3 is 2.10 bits per heavy atom. The van der Waals surface area contributed by atoms with E-state index >= 15 is 0 Å². The molecule has 0 aliphatic rings. The van der Waals surface area contributed by atoms with Gasteiger partial charge in [0.25, 0.3) is 0 Å². The highest BCUT2D eigenvalue weighted by molar-refractivity contribution is 5.66. The van der Waals surface area contributed by atoms with Crippen LogP contribution < -0.4 is 5.32 Å². The largest absolute Gasteiger partial charge is 0.313 e. The lowest BCUT2D eigenvalue weighted by molar-refractivity contribution is 0.545. The highest BCUT2D eigenvalue weighted by Gasteiger charge is 2.17. The SMILES string of the molecule is CCNCc1ccc(-c2c(F)cc(F)cc2F)c(F)c1. The summed E-state index contributed by atoms with van der Waals surface area (Å²) in [6.07, 6.45) is 0. The molecule has 2 aromatic carbocycles. The molecule has 106 valence electrons. The molecule has 0 heterocycles. The summed E-state index contributed by atoms with van der Waals surface area (Å²) in [4.78, 5) is 0. The molecule has 0 aromatic heterocycles. The Labute approximate surface area is 114 Å². The Hall–Kier alpha value is -1.88. The standard InChI is InChI=1S/C15H13F4N/c1-2-20-8-9-3-4-11(12(17)5-9)15-13(18)6-10(16)7-14(15)19/h3-7,20H,2,8H2,1H3. The lowest BCUT2D eigenvalue weighted by Crippen LogP contribution is -2.11. The molecule has 0 bridgehead atoms. The summed E-state index contributed by atoms with van der Waals surface area (Å²) < 4.78 is 54.1. The third-order valence-electron chi connectivity index (χ3n) is 2.89. The van der Waals surface area contributed by atoms with Crippen LogP contribution >= 0.6 is 0 Å². The number of rotatable bonds is 4. The van der Waals surface area contributed by atoms with Crippen molar-refractivity contribution in [3.63, 3.8) is 0 Å². The number of hydrogen-bond acceptors (Lipinski definition) is 1. The highest BCUT2D eigenvalue weighted by Crippen LogP contribution is 2.29. The molecule has 0 saturated heterocycles. The van der Waals surface area contributed by atoms with Crippen LogP contribution in [0.15, 0.2) is 30.3 Å². The van der Waals surface area contributed by atoms with Gasteiger partial charge >= 0.3 is 0 Å². The Kier molecular flexibility index (Phi) is 4.39. The van der Waals surface area contributed by atoms with Crippen LogP contribution in [-0.4, -0.2) is 6.54 Å². The van der Waals surface area contributed by atoms with E-state index in [0.717, 1.165) is 6.54 Å². The van der Waals surface area contributed by atoms with Gasteiger partial charge in [-0.2, -0.15) is 0 Å². The molecule has 0 atom stereocenters. The molecule has 1 N–H and O–H groups in total. The molecule has 0 saturated carbocycles. The fourth-order valence-electron chi connectivity index (χ4n) is 1.94. The number of benzene rings is 2. The second-order valence-electron chi connectivity index (χ2n) is 4.34. The first-order chi connectivity index (χ1) is 9.52. The Bertz CT molecular complexity index is 602. The molecule has 0 spiro atoms. The van der Waals surface area contributed by atoms with Crippen molar-refractivity contribution in [3.05, 3.63) is 59.2 Å². The molecule has 1 nitrogen and oxygen atoms in total. The van der Waals surface area contributed by atoms with E-state index in [1.54, 1.807) is 6.07 Å². The molecule has 0 fully saturated rings. The molecule has 0 aliphatic heterocycles. The van der Waals surface area contributed by atoms with Gasteiger partial charge in [0, 0.05) is 24.2 Å². The summed E-state index contributed by atoms with van der Waals surface area (Å²) in [5, 5.41) is 3.02. The summed E-state index contributed by atoms with van der Waals surface area (Å²) in [6.45, 7) is 3.10. The summed E-state index contributed by atoms with van der Waals surface area (Å²) in [5.41, 5.74) is -0.116. The number of hydrogen-bond donors (Lipinski definition) is 1. The van der Waals surface area contributed by atoms with Gasteiger partial charge in [-0.1, -0.05) is 19.1 Å². The second-order valence-corrected chi connectivity index (χ2v) is 4.34. The van der Waals surface area contributed by atoms with Crippen LogP contribution in [0.1, 0.15) is 12.5 Å². The lowest BCUT2D eigenvalue weighted by Gasteiger charge is -2.09. The lowest BCUT2D eigenvalue weighted by atomic mass is 10.0. The van der Waals surface area contributed by atoms with Crippen molar-refractivity contribution >= 4 is 0 Å². The van der Waals surface area contributed by atoms with Gasteiger partial charge in [-0.15, -0.1) is 0 Å². The summed E-state index contributed by atoms with van der Waals surface area (Å²) in [7, 11) is 0. The van der Waals surface area contributed by atoms with E-state index in [9.17, 15) is 17.6 Å². The Morgan fingerprint density at radius 1 is 0.900 bits per heavy atom. The minimum absolute atomic E-state index is 0.222. The van der Waals surface area contributed by atoms with E-state index in [1.807, 2.05) is 6.92 Å². The van der Waals surface area contributed by atoms with Gasteiger partial charge in [-0.3, -0.25) is 0 Å². The smallest absolute Gasteiger partial charge is 0.136 e. The average molecular weight is 283 g/mol. The van der Waals surface area contributed by atoms with Crippen LogP contribution in [0, 0.1) is 23.3 Å². The van der Waals surface area contributed by atoms with E-state index in [1.165, 1.54) is 12.1 Å². The zero-order chi connectivity index (χ0) is 14.7. The van der Waals surface area contributed by atoms with Gasteiger partial charge in [0.15, 0.2) is 0 Å². The molecule has 0 radical (unpaired) electrons. The maximum Gasteiger partial charge on any atom is 0.136 e. The van der Waals surface area contributed by atoms with Crippen molar-refractivity contribution in [2.45, 2.75) is 13.5 Å². The quantitative estimate of drug-likeness (QED) is 0.836. The van der Waals surface area contributed by atoms with Gasteiger partial charge in [-0.25, -0.2) is 17.6 Å². The van der Waals surface area contributed by atoms with Crippen molar-refractivity contribution in [2.24, 2.45) is 0 Å². The van der Waals surface area contributed by atoms with Gasteiger partial charge < -0.3 is 5.32 Å². The minimum Gasteiger partial charge on any atom is -0.313 e. The van der Waals surface area contributed by atoms with E-state index in [2.05, 4.69) is 5.32 Å². The molecule has 2 aromatic rings. The third kappa shape index (κ3) is 2.99. The zero-order valence-electron chi connectivity index (χ0n) is 10.8. The van der Waals surface area contributed by atoms with Crippen LogP contribution in [0.25, 0.3) is 11.1 Å². The highest BCUT2D eigenvalue weighted by atomic mass is 19.1. The minimum atomic E-state index is -1.12. The molecule has 20 heavy (non-hydrogen) atoms. The van der Waals surface area contributed by atoms with Crippen molar-refractivity contribution in [1.82, 2.24) is 5.32 Å². The monoisotopic (exact) mass is 283 g/mol. The van der Waals surface area contributed by atoms with Crippen LogP contribution in [0.4, 0.5) is 17.6 Å². The number of halogens is 4. The Balaban J connectivity index is 2.44. The van der Waals surface area contributed by atoms with E-state index in [-0.39, 0.29) is 5.56 Å². The summed E-state index contributed by atoms with van der Waals surface area (Å²) >= 11 is 0. The van der Waals surface area contributed by atoms with Gasteiger partial charge in [0.1, 0.15) is 23.3 Å². The predicted octanol–water partition coefficient (Wildman–Crippen LogP) is 4.02. The van der Waals surface area contributed by atoms with Crippen molar-refractivity contribution in [1.29, 1.82) is 0 Å². The molecule has 2 rings (SSSR count). The van der Waals surface area contributed by atoms with E-state index < -0.39 is 28.8 Å². The first-order valence-electron chi connectivity index (χ1n) is 6.17. The molecular weight excluding hydrogens is 270 g/mol. The van der Waals surface area contributed by atoms with Crippen LogP contribution in [-0.2, 0) is 6.54 Å². The third-order valence-corrected chi connectivity index (χ3v) is 2.89. The topological polar surface area (TPSA) is 12.0 Å². The van der Waals surface area contributed by atoms with Crippen molar-refractivity contribution in [2.75, 3.05) is 6.54 Å². The first-order valence-corrected chi connectivity index (χ1v) is 6.17. The van der Waals surface area contributed by atoms with Gasteiger partial charge in [0.05, 0.1) is 5.56 Å². The zero-order valence-corrected chi connectivity index (χ0v) is 10.8. The van der Waals surface area contributed by atoms with Crippen LogP contribution in [0.3, 0.4) is 0 Å². The maximum atomic E-state index is 14.0. The normalized spacial score (nSPS) is 10.8. The van der Waals surface area contributed by atoms with Crippen molar-refractivity contribution < 1.29 is 17.6 Å². The molecular formula is C15H13F4N. The molecule has 0 aliphatic carbocycles. The maximum absolute atomic E-state index is 14.0. The van der Waals surface area contributed by atoms with Gasteiger partial charge in [0.2, 0.25) is 0 Å². The van der Waals surface area contributed by atoms with Crippen LogP contribution in [0.2, 0.25) is 0 Å². The molecule has 0 unspecified atom stereocenters. The second kappa shape index (κ2) is 6.05. The predicted molar refractivity (Wildman–Crippen MR) is 69.1 cm³/mol. The fourth-order valence-corrected chi connectivity index (χ4v) is 1.94. The summed E-state index contributed by atoms with van der Waals surface area (Å²) in [6, 6.07) is 5.14. The number of nitrogens with one attached hydrogen (secondary N) is 1. The fraction of sp³-hybridized carbons (Fsp3) is 0.200. The van der Waals surface area contributed by atoms with Crippen molar-refractivity contribution in [3.8, 4) is 11.1 Å². The molecule has 0 amide bonds. The van der Waals surface area contributed by atoms with E-state index in [4.69, 9.17) is 0 Å². The van der Waals surface area contributed by atoms with Gasteiger partial charge in [-0.05, 0) is 18.2 Å². The van der Waals surface area contributed by atoms with Crippen LogP contribution in [0.5, 0.6) is 0 Å². The van der Waals surface area contributed by atoms with E-state index in [0.29, 0.717) is 24.2 Å². The Morgan fingerprint density at radius 2 is 1.55 bits per heavy atom.